The van der Waals surface area contributed by atoms with Gasteiger partial charge in [0.25, 0.3) is 0 Å². The molecule has 0 aliphatic heterocycles. The van der Waals surface area contributed by atoms with Crippen LogP contribution in [-0.2, 0) is 23.8 Å². The van der Waals surface area contributed by atoms with E-state index in [4.69, 9.17) is 14.2 Å². The van der Waals surface area contributed by atoms with Gasteiger partial charge >= 0.3 is 11.9 Å². The first kappa shape index (κ1) is 22.5. The molecule has 4 N–H and O–H groups in total. The Kier molecular flexibility index (Phi) is 11.2. The van der Waals surface area contributed by atoms with Gasteiger partial charge in [-0.15, -0.1) is 0 Å². The van der Waals surface area contributed by atoms with Crippen LogP contribution in [0.2, 0.25) is 0 Å². The van der Waals surface area contributed by atoms with Gasteiger partial charge in [-0.25, -0.2) is 4.79 Å². The number of methoxy groups -OCH3 is 1. The number of nitrogens with one attached hydrogen (secondary N) is 1. The minimum Gasteiger partial charge on any atom is -0.463 e. The van der Waals surface area contributed by atoms with Crippen molar-refractivity contribution < 1.29 is 39.1 Å². The van der Waals surface area contributed by atoms with Gasteiger partial charge in [0, 0.05) is 19.2 Å². The molecule has 0 aliphatic rings. The van der Waals surface area contributed by atoms with Crippen molar-refractivity contribution in [3.05, 3.63) is 12.2 Å². The van der Waals surface area contributed by atoms with Gasteiger partial charge < -0.3 is 34.8 Å². The number of aliphatic hydroxyl groups excluding tert-OH is 3. The lowest BCUT2D eigenvalue weighted by Gasteiger charge is -2.30. The van der Waals surface area contributed by atoms with Gasteiger partial charge in [-0.05, 0) is 6.92 Å². The zero-order valence-electron chi connectivity index (χ0n) is 14.1. The molecule has 0 aromatic heterocycles. The molecule has 0 radical (unpaired) electrons. The highest BCUT2D eigenvalue weighted by atomic mass is 16.6. The molecule has 140 valence electrons. The van der Waals surface area contributed by atoms with Crippen molar-refractivity contribution in [2.75, 3.05) is 46.7 Å². The summed E-state index contributed by atoms with van der Waals surface area (Å²) >= 11 is 0. The molecule has 0 aromatic carbocycles. The number of esters is 2. The molecule has 24 heavy (non-hydrogen) atoms. The number of ether oxygens (including phenoxy) is 3. The van der Waals surface area contributed by atoms with E-state index in [2.05, 4.69) is 11.9 Å². The van der Waals surface area contributed by atoms with Gasteiger partial charge in [0.1, 0.15) is 19.3 Å². The molecule has 9 heteroatoms. The van der Waals surface area contributed by atoms with Crippen molar-refractivity contribution in [1.29, 1.82) is 0 Å². The second-order valence-corrected chi connectivity index (χ2v) is 5.42. The first-order valence-corrected chi connectivity index (χ1v) is 7.42. The molecule has 0 fully saturated rings. The minimum absolute atomic E-state index is 0.0380. The summed E-state index contributed by atoms with van der Waals surface area (Å²) in [4.78, 5) is 22.7. The topological polar surface area (TPSA) is 135 Å². The Labute approximate surface area is 141 Å². The molecule has 0 saturated heterocycles. The van der Waals surface area contributed by atoms with Gasteiger partial charge in [0.15, 0.2) is 0 Å². The highest BCUT2D eigenvalue weighted by Gasteiger charge is 2.28. The Morgan fingerprint density at radius 2 is 1.79 bits per heavy atom. The predicted octanol–water partition coefficient (Wildman–Crippen LogP) is -1.64. The maximum absolute atomic E-state index is 11.6. The maximum Gasteiger partial charge on any atom is 0.333 e. The van der Waals surface area contributed by atoms with E-state index in [-0.39, 0.29) is 51.6 Å². The molecule has 0 aromatic rings. The van der Waals surface area contributed by atoms with Crippen LogP contribution in [0.15, 0.2) is 12.2 Å². The largest absolute Gasteiger partial charge is 0.463 e. The van der Waals surface area contributed by atoms with Crippen LogP contribution in [0.25, 0.3) is 0 Å². The fourth-order valence-electron chi connectivity index (χ4n) is 1.61. The molecule has 0 amide bonds. The van der Waals surface area contributed by atoms with Crippen LogP contribution >= 0.6 is 0 Å². The van der Waals surface area contributed by atoms with Crippen molar-refractivity contribution in [2.45, 2.75) is 25.0 Å². The minimum atomic E-state index is -1.13. The van der Waals surface area contributed by atoms with Gasteiger partial charge in [-0.1, -0.05) is 6.58 Å². The van der Waals surface area contributed by atoms with Crippen LogP contribution in [-0.4, -0.2) is 85.6 Å². The van der Waals surface area contributed by atoms with E-state index in [9.17, 15) is 24.9 Å². The van der Waals surface area contributed by atoms with E-state index in [1.807, 2.05) is 0 Å². The molecule has 1 unspecified atom stereocenters. The molecule has 1 atom stereocenters. The number of rotatable bonds is 13. The Morgan fingerprint density at radius 3 is 2.29 bits per heavy atom. The van der Waals surface area contributed by atoms with E-state index in [0.717, 1.165) is 0 Å². The number of aliphatic hydroxyl groups is 3. The number of hydrogen-bond donors (Lipinski definition) is 4. The fourth-order valence-corrected chi connectivity index (χ4v) is 1.61. The molecule has 0 saturated carbocycles. The van der Waals surface area contributed by atoms with Gasteiger partial charge in [-0.2, -0.15) is 0 Å². The molecule has 9 nitrogen and oxygen atoms in total. The lowest BCUT2D eigenvalue weighted by atomic mass is 10.0. The molecular formula is C15H27NO8. The Morgan fingerprint density at radius 1 is 1.21 bits per heavy atom. The summed E-state index contributed by atoms with van der Waals surface area (Å²) in [6.07, 6.45) is -1.17. The van der Waals surface area contributed by atoms with Crippen molar-refractivity contribution in [1.82, 2.24) is 5.32 Å². The lowest BCUT2D eigenvalue weighted by Crippen LogP contribution is -2.55. The summed E-state index contributed by atoms with van der Waals surface area (Å²) in [5.41, 5.74) is -0.830. The zero-order chi connectivity index (χ0) is 18.6. The van der Waals surface area contributed by atoms with E-state index in [0.29, 0.717) is 0 Å². The quantitative estimate of drug-likeness (QED) is 0.228. The molecule has 0 spiro atoms. The first-order chi connectivity index (χ1) is 11.3. The van der Waals surface area contributed by atoms with Gasteiger partial charge in [0.2, 0.25) is 0 Å². The van der Waals surface area contributed by atoms with E-state index < -0.39 is 23.6 Å². The monoisotopic (exact) mass is 349 g/mol. The lowest BCUT2D eigenvalue weighted by molar-refractivity contribution is -0.150. The highest BCUT2D eigenvalue weighted by Crippen LogP contribution is 2.04. The SMILES string of the molecule is C=C(C)C(=O)OCC(O)COC(=O)CCNC(CO)(CO)COC. The summed E-state index contributed by atoms with van der Waals surface area (Å²) < 4.78 is 14.5. The van der Waals surface area contributed by atoms with Crippen LogP contribution in [0.1, 0.15) is 13.3 Å². The number of carbonyl (C=O) groups is 2. The summed E-state index contributed by atoms with van der Waals surface area (Å²) in [7, 11) is 1.43. The molecular weight excluding hydrogens is 322 g/mol. The van der Waals surface area contributed by atoms with Crippen molar-refractivity contribution in [3.8, 4) is 0 Å². The summed E-state index contributed by atoms with van der Waals surface area (Å²) in [5.74, 6) is -1.22. The molecule has 0 bridgehead atoms. The second-order valence-electron chi connectivity index (χ2n) is 5.42. The van der Waals surface area contributed by atoms with Gasteiger partial charge in [0.05, 0.1) is 31.8 Å². The first-order valence-electron chi connectivity index (χ1n) is 7.42. The third-order valence-electron chi connectivity index (χ3n) is 3.05. The van der Waals surface area contributed by atoms with Gasteiger partial charge in [-0.3, -0.25) is 4.79 Å². The van der Waals surface area contributed by atoms with Crippen LogP contribution in [0.4, 0.5) is 0 Å². The highest BCUT2D eigenvalue weighted by molar-refractivity contribution is 5.86. The molecule has 0 rings (SSSR count). The second kappa shape index (κ2) is 11.9. The summed E-state index contributed by atoms with van der Waals surface area (Å²) in [5, 5.41) is 31.0. The van der Waals surface area contributed by atoms with E-state index >= 15 is 0 Å². The third kappa shape index (κ3) is 8.94. The van der Waals surface area contributed by atoms with Crippen LogP contribution < -0.4 is 5.32 Å². The average molecular weight is 349 g/mol. The van der Waals surface area contributed by atoms with Crippen LogP contribution in [0.5, 0.6) is 0 Å². The number of carbonyl (C=O) groups excluding carboxylic acids is 2. The Hall–Kier alpha value is -1.52. The summed E-state index contributed by atoms with van der Waals surface area (Å²) in [6, 6.07) is 0. The predicted molar refractivity (Wildman–Crippen MR) is 84.1 cm³/mol. The van der Waals surface area contributed by atoms with Crippen molar-refractivity contribution in [3.63, 3.8) is 0 Å². The smallest absolute Gasteiger partial charge is 0.333 e. The normalized spacial score (nSPS) is 12.5. The Bertz CT molecular complexity index is 408. The maximum atomic E-state index is 11.6. The van der Waals surface area contributed by atoms with E-state index in [1.165, 1.54) is 14.0 Å². The van der Waals surface area contributed by atoms with Crippen molar-refractivity contribution >= 4 is 11.9 Å². The van der Waals surface area contributed by atoms with Crippen LogP contribution in [0, 0.1) is 0 Å². The number of hydrogen-bond acceptors (Lipinski definition) is 9. The van der Waals surface area contributed by atoms with E-state index in [1.54, 1.807) is 0 Å². The Balaban J connectivity index is 4.01. The fraction of sp³-hybridized carbons (Fsp3) is 0.733. The molecule has 0 aliphatic carbocycles. The average Bonchev–Trinajstić information content (AvgIpc) is 2.56. The van der Waals surface area contributed by atoms with Crippen LogP contribution in [0.3, 0.4) is 0 Å². The zero-order valence-corrected chi connectivity index (χ0v) is 14.1. The standard InChI is InChI=1S/C15H27NO8/c1-11(2)14(21)24-7-12(19)6-23-13(20)4-5-16-15(8-17,9-18)10-22-3/h12,16-19H,1,4-10H2,2-3H3. The third-order valence-corrected chi connectivity index (χ3v) is 3.05. The van der Waals surface area contributed by atoms with Crippen molar-refractivity contribution in [2.24, 2.45) is 0 Å². The molecule has 0 heterocycles. The summed E-state index contributed by atoms with van der Waals surface area (Å²) in [6.45, 7) is 3.75.